The van der Waals surface area contributed by atoms with Crippen LogP contribution >= 0.6 is 11.6 Å². The van der Waals surface area contributed by atoms with E-state index >= 15 is 0 Å². The van der Waals surface area contributed by atoms with Crippen LogP contribution in [0, 0.1) is 0 Å². The summed E-state index contributed by atoms with van der Waals surface area (Å²) in [5, 5.41) is 9.67. The standard InChI is InChI=1S/C27H28ClF2N5O5S/c1-26(2)23-20(22-7-8-31-33-22)15-17(24(36)32-18-3-5-19(6-4-18)40-27(28,29)30)16-21(23)25(37)35(26)10-9-34-11-13-41(38,39)14-12-34/h3-8,15-16H,9-14H2,1-2H3,(H,31,33)(H,32,36). The molecule has 10 nitrogen and oxygen atoms in total. The molecular weight excluding hydrogens is 580 g/mol. The predicted molar refractivity (Wildman–Crippen MR) is 149 cm³/mol. The second-order valence-corrected chi connectivity index (χ2v) is 13.2. The lowest BCUT2D eigenvalue weighted by molar-refractivity contribution is -0.0964. The first kappa shape index (κ1) is 29.0. The van der Waals surface area contributed by atoms with E-state index in [1.807, 2.05) is 18.7 Å². The average Bonchev–Trinajstić information content (AvgIpc) is 3.49. The smallest absolute Gasteiger partial charge is 0.420 e. The molecule has 2 aliphatic heterocycles. The van der Waals surface area contributed by atoms with Crippen molar-refractivity contribution in [2.75, 3.05) is 43.0 Å². The van der Waals surface area contributed by atoms with Gasteiger partial charge < -0.3 is 15.0 Å². The van der Waals surface area contributed by atoms with Gasteiger partial charge in [-0.05, 0) is 61.9 Å². The van der Waals surface area contributed by atoms with E-state index in [4.69, 9.17) is 11.6 Å². The van der Waals surface area contributed by atoms with Gasteiger partial charge in [0.15, 0.2) is 9.84 Å². The van der Waals surface area contributed by atoms with Gasteiger partial charge in [-0.15, -0.1) is 8.78 Å². The van der Waals surface area contributed by atoms with Gasteiger partial charge in [0, 0.05) is 66.4 Å². The summed E-state index contributed by atoms with van der Waals surface area (Å²) in [5.41, 5.74) is -1.67. The van der Waals surface area contributed by atoms with Gasteiger partial charge in [-0.3, -0.25) is 19.6 Å². The third kappa shape index (κ3) is 6.21. The van der Waals surface area contributed by atoms with Crippen molar-refractivity contribution in [2.24, 2.45) is 0 Å². The molecule has 1 aromatic heterocycles. The molecule has 14 heteroatoms. The molecule has 41 heavy (non-hydrogen) atoms. The van der Waals surface area contributed by atoms with Gasteiger partial charge in [-0.2, -0.15) is 5.10 Å². The zero-order valence-corrected chi connectivity index (χ0v) is 23.9. The highest BCUT2D eigenvalue weighted by molar-refractivity contribution is 7.91. The number of nitrogens with one attached hydrogen (secondary N) is 2. The Bertz CT molecular complexity index is 1560. The molecule has 1 saturated heterocycles. The topological polar surface area (TPSA) is 125 Å². The fraction of sp³-hybridized carbons (Fsp3) is 0.370. The van der Waals surface area contributed by atoms with E-state index in [-0.39, 0.29) is 28.7 Å². The lowest BCUT2D eigenvalue weighted by Gasteiger charge is -2.36. The second kappa shape index (κ2) is 10.7. The molecule has 0 bridgehead atoms. The van der Waals surface area contributed by atoms with Crippen molar-refractivity contribution < 1.29 is 31.5 Å². The molecule has 2 N–H and O–H groups in total. The van der Waals surface area contributed by atoms with Gasteiger partial charge in [-0.25, -0.2) is 8.42 Å². The van der Waals surface area contributed by atoms with Crippen LogP contribution in [-0.4, -0.2) is 83.5 Å². The molecular formula is C27H28ClF2N5O5S. The van der Waals surface area contributed by atoms with Crippen LogP contribution in [0.4, 0.5) is 14.5 Å². The van der Waals surface area contributed by atoms with Crippen LogP contribution in [0.1, 0.15) is 40.1 Å². The SMILES string of the molecule is CC1(C)c2c(cc(C(=O)Nc3ccc(OC(F)(F)Cl)cc3)cc2-c2ccn[nH]2)C(=O)N1CCN1CCS(=O)(=O)CC1. The minimum Gasteiger partial charge on any atom is -0.420 e. The lowest BCUT2D eigenvalue weighted by Crippen LogP contribution is -2.47. The molecule has 2 amide bonds. The van der Waals surface area contributed by atoms with Crippen LogP contribution in [0.25, 0.3) is 11.3 Å². The van der Waals surface area contributed by atoms with Crippen molar-refractivity contribution in [3.05, 3.63) is 65.4 Å². The molecule has 218 valence electrons. The zero-order chi connectivity index (χ0) is 29.6. The van der Waals surface area contributed by atoms with E-state index in [9.17, 15) is 26.8 Å². The summed E-state index contributed by atoms with van der Waals surface area (Å²) in [5.74, 6) is -0.734. The number of aromatic amines is 1. The van der Waals surface area contributed by atoms with E-state index in [2.05, 4.69) is 20.3 Å². The highest BCUT2D eigenvalue weighted by Gasteiger charge is 2.45. The van der Waals surface area contributed by atoms with Gasteiger partial charge in [0.1, 0.15) is 5.75 Å². The number of carbonyl (C=O) groups excluding carboxylic acids is 2. The van der Waals surface area contributed by atoms with Crippen LogP contribution in [-0.2, 0) is 15.4 Å². The molecule has 5 rings (SSSR count). The number of alkyl halides is 3. The number of hydrogen-bond donors (Lipinski definition) is 2. The highest BCUT2D eigenvalue weighted by Crippen LogP contribution is 2.44. The van der Waals surface area contributed by atoms with Gasteiger partial charge >= 0.3 is 5.57 Å². The molecule has 2 aromatic carbocycles. The third-order valence-electron chi connectivity index (χ3n) is 7.38. The summed E-state index contributed by atoms with van der Waals surface area (Å²) in [6.07, 6.45) is 1.58. The number of sulfone groups is 1. The number of anilines is 1. The van der Waals surface area contributed by atoms with Crippen LogP contribution < -0.4 is 10.1 Å². The number of H-pyrrole nitrogens is 1. The minimum absolute atomic E-state index is 0.0992. The average molecular weight is 608 g/mol. The minimum atomic E-state index is -3.86. The number of rotatable bonds is 8. The van der Waals surface area contributed by atoms with Gasteiger partial charge in [0.2, 0.25) is 0 Å². The number of carbonyl (C=O) groups is 2. The lowest BCUT2D eigenvalue weighted by atomic mass is 9.86. The first-order chi connectivity index (χ1) is 19.2. The maximum atomic E-state index is 13.8. The number of benzene rings is 2. The Hall–Kier alpha value is -3.55. The number of fused-ring (bicyclic) bond motifs is 1. The Kier molecular flexibility index (Phi) is 7.55. The predicted octanol–water partition coefficient (Wildman–Crippen LogP) is 3.92. The molecule has 3 aromatic rings. The Balaban J connectivity index is 1.41. The van der Waals surface area contributed by atoms with Crippen LogP contribution in [0.2, 0.25) is 0 Å². The van der Waals surface area contributed by atoms with Gasteiger partial charge in [0.25, 0.3) is 11.8 Å². The fourth-order valence-corrected chi connectivity index (χ4v) is 6.66. The summed E-state index contributed by atoms with van der Waals surface area (Å²) in [6, 6.07) is 10.2. The third-order valence-corrected chi connectivity index (χ3v) is 9.06. The summed E-state index contributed by atoms with van der Waals surface area (Å²) >= 11 is 4.80. The first-order valence-electron chi connectivity index (χ1n) is 12.8. The zero-order valence-electron chi connectivity index (χ0n) is 22.3. The van der Waals surface area contributed by atoms with Crippen molar-refractivity contribution in [3.63, 3.8) is 0 Å². The monoisotopic (exact) mass is 607 g/mol. The number of ether oxygens (including phenoxy) is 1. The Morgan fingerprint density at radius 3 is 2.39 bits per heavy atom. The number of hydrogen-bond acceptors (Lipinski definition) is 7. The van der Waals surface area contributed by atoms with E-state index in [1.54, 1.807) is 29.3 Å². The highest BCUT2D eigenvalue weighted by atomic mass is 35.5. The molecule has 1 fully saturated rings. The van der Waals surface area contributed by atoms with E-state index in [0.29, 0.717) is 48.7 Å². The Morgan fingerprint density at radius 1 is 1.12 bits per heavy atom. The summed E-state index contributed by atoms with van der Waals surface area (Å²) in [4.78, 5) is 30.8. The fourth-order valence-electron chi connectivity index (χ4n) is 5.29. The molecule has 0 atom stereocenters. The largest absolute Gasteiger partial charge is 0.487 e. The molecule has 0 radical (unpaired) electrons. The second-order valence-electron chi connectivity index (χ2n) is 10.5. The number of aromatic nitrogens is 2. The summed E-state index contributed by atoms with van der Waals surface area (Å²) < 4.78 is 53.7. The van der Waals surface area contributed by atoms with E-state index < -0.39 is 26.9 Å². The van der Waals surface area contributed by atoms with Crippen molar-refractivity contribution in [1.29, 1.82) is 0 Å². The maximum absolute atomic E-state index is 13.8. The molecule has 0 unspecified atom stereocenters. The summed E-state index contributed by atoms with van der Waals surface area (Å²) in [6.45, 7) is 5.60. The van der Waals surface area contributed by atoms with Gasteiger partial charge in [0.05, 0.1) is 22.7 Å². The van der Waals surface area contributed by atoms with E-state index in [1.165, 1.54) is 24.3 Å². The number of nitrogens with zero attached hydrogens (tertiary/aromatic N) is 3. The molecule has 0 saturated carbocycles. The summed E-state index contributed by atoms with van der Waals surface area (Å²) in [7, 11) is -3.02. The Morgan fingerprint density at radius 2 is 1.78 bits per heavy atom. The molecule has 0 spiro atoms. The van der Waals surface area contributed by atoms with Crippen molar-refractivity contribution in [3.8, 4) is 17.0 Å². The van der Waals surface area contributed by atoms with Crippen molar-refractivity contribution >= 4 is 38.9 Å². The van der Waals surface area contributed by atoms with Crippen LogP contribution in [0.3, 0.4) is 0 Å². The Labute approximate surface area is 240 Å². The van der Waals surface area contributed by atoms with Crippen LogP contribution in [0.15, 0.2) is 48.7 Å². The number of amides is 2. The van der Waals surface area contributed by atoms with E-state index in [0.717, 1.165) is 5.56 Å². The maximum Gasteiger partial charge on any atom is 0.487 e. The van der Waals surface area contributed by atoms with Crippen molar-refractivity contribution in [2.45, 2.75) is 25.0 Å². The van der Waals surface area contributed by atoms with Gasteiger partial charge in [-0.1, -0.05) is 0 Å². The molecule has 0 aliphatic carbocycles. The van der Waals surface area contributed by atoms with Crippen LogP contribution in [0.5, 0.6) is 5.75 Å². The quantitative estimate of drug-likeness (QED) is 0.372. The molecule has 2 aliphatic rings. The van der Waals surface area contributed by atoms with Crippen molar-refractivity contribution in [1.82, 2.24) is 20.0 Å². The number of halogens is 3. The normalized spacial score (nSPS) is 18.3. The first-order valence-corrected chi connectivity index (χ1v) is 15.0. The molecule has 3 heterocycles.